The molecule has 0 saturated heterocycles. The van der Waals surface area contributed by atoms with Crippen LogP contribution in [0.15, 0.2) is 205 Å². The van der Waals surface area contributed by atoms with Gasteiger partial charge in [-0.25, -0.2) is 9.97 Å². The van der Waals surface area contributed by atoms with Crippen molar-refractivity contribution in [2.75, 3.05) is 0 Å². The highest BCUT2D eigenvalue weighted by Gasteiger charge is 2.53. The first-order valence-corrected chi connectivity index (χ1v) is 27.5. The van der Waals surface area contributed by atoms with Crippen LogP contribution in [-0.4, -0.2) is 9.97 Å². The summed E-state index contributed by atoms with van der Waals surface area (Å²) in [7, 11) is 0. The molecule has 11 aromatic rings. The minimum atomic E-state index is -0.426. The maximum atomic E-state index is 6.77. The van der Waals surface area contributed by atoms with Crippen LogP contribution in [0.3, 0.4) is 0 Å². The lowest BCUT2D eigenvalue weighted by Gasteiger charge is -2.57. The number of benzene rings is 9. The van der Waals surface area contributed by atoms with E-state index < -0.39 is 5.41 Å². The second-order valence-electron chi connectivity index (χ2n) is 23.8. The van der Waals surface area contributed by atoms with Gasteiger partial charge >= 0.3 is 0 Å². The fraction of sp³-hybridized carbons (Fsp3) is 0.194. The van der Waals surface area contributed by atoms with Crippen LogP contribution in [-0.2, 0) is 16.2 Å². The van der Waals surface area contributed by atoms with E-state index in [0.29, 0.717) is 0 Å². The second kappa shape index (κ2) is 15.0. The van der Waals surface area contributed by atoms with E-state index in [1.165, 1.54) is 122 Å². The van der Waals surface area contributed by atoms with Crippen molar-refractivity contribution >= 4 is 21.9 Å². The van der Waals surface area contributed by atoms with Gasteiger partial charge in [0, 0.05) is 32.9 Å². The Hall–Kier alpha value is -8.14. The maximum Gasteiger partial charge on any atom is 0.160 e. The summed E-state index contributed by atoms with van der Waals surface area (Å²) in [5.74, 6) is 3.15. The monoisotopic (exact) mass is 962 g/mol. The van der Waals surface area contributed by atoms with E-state index in [1.807, 2.05) is 0 Å². The third-order valence-electron chi connectivity index (χ3n) is 19.5. The molecule has 2 heterocycles. The summed E-state index contributed by atoms with van der Waals surface area (Å²) in [6.07, 6.45) is 7.99. The topological polar surface area (TPSA) is 38.9 Å². The molecule has 3 nitrogen and oxygen atoms in total. The highest BCUT2D eigenvalue weighted by atomic mass is 16.3. The standard InChI is InChI=1S/C72H54N2O/c1-70(2)59-21-8-3-17-53(59)58-36-46(27-29-60(58)70)65-38-66(57-20-13-19-56-55-18-7-12-25-67(55)75-68(56)57)74-69(73-65)48-33-47(34-49(35-48)71-39-42-30-43(40-71)32-44(31-42)41-71)45-26-28-54-52-16-6-11-24-63(52)72(64(54)37-45)61-22-9-4-14-50(61)51-15-5-10-23-62(51)72/h3-29,33-38,42-44H,30-32,39-41H2,1-2H3. The molecule has 0 N–H and O–H groups in total. The van der Waals surface area contributed by atoms with Crippen molar-refractivity contribution in [3.05, 3.63) is 239 Å². The molecule has 0 amide bonds. The number of furan rings is 1. The van der Waals surface area contributed by atoms with Gasteiger partial charge in [-0.1, -0.05) is 172 Å². The van der Waals surface area contributed by atoms with Crippen LogP contribution < -0.4 is 0 Å². The molecule has 4 fully saturated rings. The van der Waals surface area contributed by atoms with Crippen LogP contribution in [0.1, 0.15) is 91.3 Å². The van der Waals surface area contributed by atoms with Gasteiger partial charge in [0.05, 0.1) is 16.8 Å². The Bertz CT molecular complexity index is 4180. The highest BCUT2D eigenvalue weighted by molar-refractivity contribution is 6.09. The van der Waals surface area contributed by atoms with Gasteiger partial charge in [-0.3, -0.25) is 0 Å². The Morgan fingerprint density at radius 3 is 1.61 bits per heavy atom. The Balaban J connectivity index is 0.907. The molecule has 4 saturated carbocycles. The number of para-hydroxylation sites is 2. The third-order valence-corrected chi connectivity index (χ3v) is 19.5. The largest absolute Gasteiger partial charge is 0.455 e. The molecule has 0 radical (unpaired) electrons. The van der Waals surface area contributed by atoms with Crippen LogP contribution in [0.25, 0.3) is 100 Å². The van der Waals surface area contributed by atoms with Crippen LogP contribution >= 0.6 is 0 Å². The number of nitrogens with zero attached hydrogens (tertiary/aromatic N) is 2. The quantitative estimate of drug-likeness (QED) is 0.173. The molecule has 1 spiro atoms. The molecular weight excluding hydrogens is 909 g/mol. The Kier molecular flexibility index (Phi) is 8.45. The maximum absolute atomic E-state index is 6.77. The second-order valence-corrected chi connectivity index (χ2v) is 23.8. The van der Waals surface area contributed by atoms with Gasteiger partial charge < -0.3 is 4.42 Å². The summed E-state index contributed by atoms with van der Waals surface area (Å²) < 4.78 is 6.77. The van der Waals surface area contributed by atoms with Crippen LogP contribution in [0.2, 0.25) is 0 Å². The fourth-order valence-corrected chi connectivity index (χ4v) is 16.7. The summed E-state index contributed by atoms with van der Waals surface area (Å²) >= 11 is 0. The number of hydrogen-bond acceptors (Lipinski definition) is 3. The fourth-order valence-electron chi connectivity index (χ4n) is 16.7. The zero-order valence-corrected chi connectivity index (χ0v) is 42.3. The summed E-state index contributed by atoms with van der Waals surface area (Å²) in [4.78, 5) is 11.4. The van der Waals surface area contributed by atoms with Crippen molar-refractivity contribution in [2.24, 2.45) is 17.8 Å². The molecule has 2 aromatic heterocycles. The average Bonchev–Trinajstić information content (AvgIpc) is 4.34. The normalized spacial score (nSPS) is 21.3. The van der Waals surface area contributed by atoms with Crippen molar-refractivity contribution in [2.45, 2.75) is 68.6 Å². The van der Waals surface area contributed by atoms with Gasteiger partial charge in [-0.15, -0.1) is 0 Å². The molecule has 75 heavy (non-hydrogen) atoms. The summed E-state index contributed by atoms with van der Waals surface area (Å²) in [5, 5.41) is 2.21. The Morgan fingerprint density at radius 1 is 0.387 bits per heavy atom. The summed E-state index contributed by atoms with van der Waals surface area (Å²) in [6, 6.07) is 75.4. The molecule has 7 aliphatic carbocycles. The van der Waals surface area contributed by atoms with E-state index in [-0.39, 0.29) is 10.8 Å². The average molecular weight is 963 g/mol. The van der Waals surface area contributed by atoms with E-state index in [1.54, 1.807) is 0 Å². The zero-order valence-electron chi connectivity index (χ0n) is 42.3. The minimum absolute atomic E-state index is 0.0952. The van der Waals surface area contributed by atoms with Gasteiger partial charge in [0.15, 0.2) is 5.82 Å². The SMILES string of the molecule is CC1(C)c2ccccc2-c2cc(-c3cc(-c4cccc5c4oc4ccccc45)nc(-c4cc(-c5ccc6c(c5)C5(c7ccccc7-c7ccccc75)c5ccccc5-6)cc(C56CC7CC(CC(C7)C5)C6)c4)n3)ccc21. The third kappa shape index (κ3) is 5.76. The first kappa shape index (κ1) is 42.2. The summed E-state index contributed by atoms with van der Waals surface area (Å²) in [5.41, 5.74) is 26.3. The van der Waals surface area contributed by atoms with Crippen LogP contribution in [0.4, 0.5) is 0 Å². The van der Waals surface area contributed by atoms with Crippen molar-refractivity contribution in [3.8, 4) is 78.4 Å². The first-order valence-electron chi connectivity index (χ1n) is 27.5. The van der Waals surface area contributed by atoms with Crippen LogP contribution in [0, 0.1) is 17.8 Å². The van der Waals surface area contributed by atoms with Gasteiger partial charge in [0.25, 0.3) is 0 Å². The lowest BCUT2D eigenvalue weighted by atomic mass is 9.48. The van der Waals surface area contributed by atoms with E-state index in [2.05, 4.69) is 214 Å². The van der Waals surface area contributed by atoms with Crippen molar-refractivity contribution in [1.82, 2.24) is 9.97 Å². The number of rotatable bonds is 5. The molecular formula is C72H54N2O. The van der Waals surface area contributed by atoms with Gasteiger partial charge in [-0.05, 0) is 188 Å². The molecule has 9 aromatic carbocycles. The molecule has 7 aliphatic rings. The van der Waals surface area contributed by atoms with Gasteiger partial charge in [0.1, 0.15) is 11.2 Å². The van der Waals surface area contributed by atoms with Crippen molar-refractivity contribution in [1.29, 1.82) is 0 Å². The molecule has 0 atom stereocenters. The predicted molar refractivity (Wildman–Crippen MR) is 305 cm³/mol. The molecule has 18 rings (SSSR count). The lowest BCUT2D eigenvalue weighted by molar-refractivity contribution is -0.00515. The molecule has 0 unspecified atom stereocenters. The van der Waals surface area contributed by atoms with Crippen molar-refractivity contribution < 1.29 is 4.42 Å². The Morgan fingerprint density at radius 2 is 0.920 bits per heavy atom. The Labute approximate surface area is 438 Å². The van der Waals surface area contributed by atoms with Gasteiger partial charge in [0.2, 0.25) is 0 Å². The van der Waals surface area contributed by atoms with E-state index >= 15 is 0 Å². The lowest BCUT2D eigenvalue weighted by Crippen LogP contribution is -2.48. The smallest absolute Gasteiger partial charge is 0.160 e. The highest BCUT2D eigenvalue weighted by Crippen LogP contribution is 2.64. The van der Waals surface area contributed by atoms with E-state index in [9.17, 15) is 0 Å². The van der Waals surface area contributed by atoms with E-state index in [0.717, 1.165) is 73.6 Å². The number of aromatic nitrogens is 2. The van der Waals surface area contributed by atoms with Crippen LogP contribution in [0.5, 0.6) is 0 Å². The van der Waals surface area contributed by atoms with Gasteiger partial charge in [-0.2, -0.15) is 0 Å². The minimum Gasteiger partial charge on any atom is -0.455 e. The van der Waals surface area contributed by atoms with Crippen molar-refractivity contribution in [3.63, 3.8) is 0 Å². The molecule has 0 aliphatic heterocycles. The molecule has 3 heteroatoms. The van der Waals surface area contributed by atoms with E-state index in [4.69, 9.17) is 14.4 Å². The zero-order chi connectivity index (χ0) is 49.4. The molecule has 4 bridgehead atoms. The predicted octanol–water partition coefficient (Wildman–Crippen LogP) is 18.2. The number of hydrogen-bond donors (Lipinski definition) is 0. The summed E-state index contributed by atoms with van der Waals surface area (Å²) in [6.45, 7) is 4.71. The number of fused-ring (bicyclic) bond motifs is 16. The molecule has 358 valence electrons. The first-order chi connectivity index (χ1) is 36.8.